The average molecular weight is 414 g/mol. The van der Waals surface area contributed by atoms with Crippen LogP contribution >= 0.6 is 0 Å². The van der Waals surface area contributed by atoms with Gasteiger partial charge in [0.25, 0.3) is 0 Å². The average Bonchev–Trinajstić information content (AvgIpc) is 2.84. The summed E-state index contributed by atoms with van der Waals surface area (Å²) in [7, 11) is 0. The van der Waals surface area contributed by atoms with Crippen LogP contribution < -0.4 is 4.90 Å². The van der Waals surface area contributed by atoms with E-state index in [9.17, 15) is 18.0 Å². The lowest BCUT2D eigenvalue weighted by molar-refractivity contribution is -0.138. The molecule has 0 aromatic heterocycles. The molecule has 1 amide bonds. The molecule has 8 heteroatoms. The van der Waals surface area contributed by atoms with Crippen LogP contribution in [0.5, 0.6) is 0 Å². The number of fused-ring (bicyclic) bond motifs is 1. The van der Waals surface area contributed by atoms with Crippen LogP contribution in [0, 0.1) is 0 Å². The molecule has 0 saturated carbocycles. The summed E-state index contributed by atoms with van der Waals surface area (Å²) in [6.45, 7) is 11.8. The molecule has 3 rings (SSSR count). The molecule has 162 valence electrons. The number of amides is 1. The molecule has 0 N–H and O–H groups in total. The summed E-state index contributed by atoms with van der Waals surface area (Å²) in [5.74, 6) is 0. The number of benzene rings is 1. The van der Waals surface area contributed by atoms with E-state index in [0.29, 0.717) is 26.3 Å². The number of anilines is 1. The second-order valence-corrected chi connectivity index (χ2v) is 9.36. The first-order chi connectivity index (χ1) is 13.3. The minimum atomic E-state index is -4.51. The number of carbonyl (C=O) groups excluding carboxylic acids is 1. The van der Waals surface area contributed by atoms with Crippen LogP contribution in [-0.4, -0.2) is 49.4 Å². The lowest BCUT2D eigenvalue weighted by atomic mass is 9.85. The van der Waals surface area contributed by atoms with Gasteiger partial charge < -0.3 is 9.47 Å². The van der Waals surface area contributed by atoms with E-state index in [2.05, 4.69) is 0 Å². The molecule has 1 saturated heterocycles. The van der Waals surface area contributed by atoms with Crippen LogP contribution in [0.15, 0.2) is 12.1 Å². The molecule has 5 nitrogen and oxygen atoms in total. The zero-order chi connectivity index (χ0) is 21.6. The standard InChI is InChI=1S/C21H29F3N2O3/c1-19(2,3)29-18(27)26-13-20(4,5)16-10-14(12-25-6-8-28-9-7-25)15(11-17(16)26)21(22,23)24/h10-11H,6-9,12-13H2,1-5H3. The molecule has 1 fully saturated rings. The quantitative estimate of drug-likeness (QED) is 0.711. The lowest BCUT2D eigenvalue weighted by Gasteiger charge is -2.29. The number of ether oxygens (including phenoxy) is 2. The Bertz CT molecular complexity index is 779. The highest BCUT2D eigenvalue weighted by Crippen LogP contribution is 2.45. The number of hydrogen-bond acceptors (Lipinski definition) is 4. The van der Waals surface area contributed by atoms with E-state index in [1.165, 1.54) is 4.90 Å². The van der Waals surface area contributed by atoms with Crippen LogP contribution in [0.2, 0.25) is 0 Å². The Labute approximate surface area is 169 Å². The predicted molar refractivity (Wildman–Crippen MR) is 104 cm³/mol. The molecule has 29 heavy (non-hydrogen) atoms. The molecule has 0 atom stereocenters. The third-order valence-electron chi connectivity index (χ3n) is 5.21. The van der Waals surface area contributed by atoms with Gasteiger partial charge in [0.1, 0.15) is 5.60 Å². The largest absolute Gasteiger partial charge is 0.443 e. The van der Waals surface area contributed by atoms with Gasteiger partial charge in [-0.25, -0.2) is 4.79 Å². The maximum atomic E-state index is 13.9. The van der Waals surface area contributed by atoms with Gasteiger partial charge in [0.2, 0.25) is 0 Å². The second-order valence-electron chi connectivity index (χ2n) is 9.36. The summed E-state index contributed by atoms with van der Waals surface area (Å²) in [5.41, 5.74) is -0.656. The summed E-state index contributed by atoms with van der Waals surface area (Å²) < 4.78 is 52.4. The van der Waals surface area contributed by atoms with Gasteiger partial charge in [-0.15, -0.1) is 0 Å². The van der Waals surface area contributed by atoms with Gasteiger partial charge in [-0.1, -0.05) is 19.9 Å². The zero-order valence-electron chi connectivity index (χ0n) is 17.7. The maximum Gasteiger partial charge on any atom is 0.416 e. The fourth-order valence-corrected chi connectivity index (χ4v) is 3.84. The second kappa shape index (κ2) is 7.47. The van der Waals surface area contributed by atoms with Crippen molar-refractivity contribution >= 4 is 11.8 Å². The summed E-state index contributed by atoms with van der Waals surface area (Å²) in [6, 6.07) is 2.74. The van der Waals surface area contributed by atoms with Crippen molar-refractivity contribution in [3.05, 3.63) is 28.8 Å². The summed E-state index contributed by atoms with van der Waals surface area (Å²) in [4.78, 5) is 16.0. The van der Waals surface area contributed by atoms with Crippen LogP contribution in [0.3, 0.4) is 0 Å². The molecule has 0 bridgehead atoms. The highest BCUT2D eigenvalue weighted by Gasteiger charge is 2.43. The van der Waals surface area contributed by atoms with Crippen molar-refractivity contribution in [2.75, 3.05) is 37.7 Å². The number of hydrogen-bond donors (Lipinski definition) is 0. The van der Waals surface area contributed by atoms with Crippen LogP contribution in [0.25, 0.3) is 0 Å². The van der Waals surface area contributed by atoms with Gasteiger partial charge in [0, 0.05) is 31.6 Å². The molecule has 0 unspecified atom stereocenters. The lowest BCUT2D eigenvalue weighted by Crippen LogP contribution is -2.38. The Kier molecular flexibility index (Phi) is 5.64. The smallest absolute Gasteiger partial charge is 0.416 e. The van der Waals surface area contributed by atoms with E-state index in [1.807, 2.05) is 18.7 Å². The molecular weight excluding hydrogens is 385 g/mol. The first-order valence-corrected chi connectivity index (χ1v) is 9.83. The number of alkyl halides is 3. The summed E-state index contributed by atoms with van der Waals surface area (Å²) >= 11 is 0. The third kappa shape index (κ3) is 4.86. The Morgan fingerprint density at radius 2 is 1.79 bits per heavy atom. The highest BCUT2D eigenvalue weighted by molar-refractivity contribution is 5.92. The molecule has 2 aliphatic rings. The fraction of sp³-hybridized carbons (Fsp3) is 0.667. The van der Waals surface area contributed by atoms with Crippen LogP contribution in [0.1, 0.15) is 51.3 Å². The Morgan fingerprint density at radius 1 is 1.17 bits per heavy atom. The Balaban J connectivity index is 2.03. The van der Waals surface area contributed by atoms with Crippen LogP contribution in [-0.2, 0) is 27.6 Å². The third-order valence-corrected chi connectivity index (χ3v) is 5.21. The monoisotopic (exact) mass is 414 g/mol. The molecule has 2 aliphatic heterocycles. The number of morpholine rings is 1. The van der Waals surface area contributed by atoms with Crippen molar-refractivity contribution in [2.24, 2.45) is 0 Å². The summed E-state index contributed by atoms with van der Waals surface area (Å²) in [5, 5.41) is 0. The number of carbonyl (C=O) groups is 1. The van der Waals surface area contributed by atoms with E-state index in [-0.39, 0.29) is 24.3 Å². The molecular formula is C21H29F3N2O3. The normalized spacial score (nSPS) is 19.9. The van der Waals surface area contributed by atoms with E-state index in [4.69, 9.17) is 9.47 Å². The number of rotatable bonds is 2. The van der Waals surface area contributed by atoms with Gasteiger partial charge in [0.15, 0.2) is 0 Å². The van der Waals surface area contributed by atoms with Crippen molar-refractivity contribution in [3.63, 3.8) is 0 Å². The van der Waals surface area contributed by atoms with Crippen molar-refractivity contribution < 1.29 is 27.4 Å². The van der Waals surface area contributed by atoms with Crippen molar-refractivity contribution in [1.29, 1.82) is 0 Å². The number of halogens is 3. The van der Waals surface area contributed by atoms with Gasteiger partial charge in [-0.3, -0.25) is 9.80 Å². The Hall–Kier alpha value is -1.80. The van der Waals surface area contributed by atoms with Gasteiger partial charge >= 0.3 is 12.3 Å². The van der Waals surface area contributed by atoms with Crippen molar-refractivity contribution in [3.8, 4) is 0 Å². The predicted octanol–water partition coefficient (Wildman–Crippen LogP) is 4.57. The molecule has 0 spiro atoms. The van der Waals surface area contributed by atoms with Gasteiger partial charge in [0.05, 0.1) is 24.5 Å². The molecule has 1 aromatic carbocycles. The molecule has 0 aliphatic carbocycles. The van der Waals surface area contributed by atoms with Crippen molar-refractivity contribution in [1.82, 2.24) is 4.90 Å². The zero-order valence-corrected chi connectivity index (χ0v) is 17.7. The fourth-order valence-electron chi connectivity index (χ4n) is 3.84. The van der Waals surface area contributed by atoms with E-state index >= 15 is 0 Å². The van der Waals surface area contributed by atoms with Crippen LogP contribution in [0.4, 0.5) is 23.7 Å². The molecule has 2 heterocycles. The highest BCUT2D eigenvalue weighted by atomic mass is 19.4. The van der Waals surface area contributed by atoms with Gasteiger partial charge in [-0.05, 0) is 38.0 Å². The molecule has 0 radical (unpaired) electrons. The first-order valence-electron chi connectivity index (χ1n) is 9.83. The van der Waals surface area contributed by atoms with Crippen molar-refractivity contribution in [2.45, 2.75) is 58.4 Å². The van der Waals surface area contributed by atoms with Gasteiger partial charge in [-0.2, -0.15) is 13.2 Å². The number of nitrogens with zero attached hydrogens (tertiary/aromatic N) is 2. The minimum absolute atomic E-state index is 0.202. The van der Waals surface area contributed by atoms with E-state index < -0.39 is 28.8 Å². The SMILES string of the molecule is CC(C)(C)OC(=O)N1CC(C)(C)c2cc(CN3CCOCC3)c(C(F)(F)F)cc21. The van der Waals surface area contributed by atoms with E-state index in [0.717, 1.165) is 11.6 Å². The topological polar surface area (TPSA) is 42.0 Å². The minimum Gasteiger partial charge on any atom is -0.443 e. The first kappa shape index (κ1) is 21.9. The molecule has 1 aromatic rings. The van der Waals surface area contributed by atoms with E-state index in [1.54, 1.807) is 26.8 Å². The Morgan fingerprint density at radius 3 is 2.34 bits per heavy atom. The summed E-state index contributed by atoms with van der Waals surface area (Å²) in [6.07, 6.45) is -5.14. The maximum absolute atomic E-state index is 13.9.